The summed E-state index contributed by atoms with van der Waals surface area (Å²) in [6, 6.07) is 14.0. The van der Waals surface area contributed by atoms with Crippen LogP contribution in [-0.4, -0.2) is 20.4 Å². The first-order valence-electron chi connectivity index (χ1n) is 10.5. The maximum atomic E-state index is 13.1. The van der Waals surface area contributed by atoms with Crippen LogP contribution in [0.15, 0.2) is 79.1 Å². The minimum atomic E-state index is -0.986. The van der Waals surface area contributed by atoms with E-state index in [0.29, 0.717) is 5.56 Å². The van der Waals surface area contributed by atoms with Crippen molar-refractivity contribution < 1.29 is 34.0 Å². The molecule has 5 rings (SSSR count). The van der Waals surface area contributed by atoms with E-state index >= 15 is 0 Å². The molecule has 0 unspecified atom stereocenters. The number of phenolic OH excluding ortho intramolecular Hbond substituents is 3. The summed E-state index contributed by atoms with van der Waals surface area (Å²) in [6.45, 7) is 0. The van der Waals surface area contributed by atoms with Crippen molar-refractivity contribution in [2.75, 3.05) is 0 Å². The Morgan fingerprint density at radius 1 is 0.743 bits per heavy atom. The molecule has 4 N–H and O–H groups in total. The monoisotopic (exact) mass is 474 g/mol. The molecular weight excluding hydrogens is 456 g/mol. The number of fused-ring (bicyclic) bond motifs is 1. The van der Waals surface area contributed by atoms with Crippen LogP contribution in [0, 0.1) is 0 Å². The molecule has 0 saturated carbocycles. The standard InChI is InChI=1S/C26H18O9/c27-15-5-1-13(2-6-15)3-7-17-12-21-24(26(32)33-17)23(20-10-16(28)11-22(31)34-20)25(35-21)14-4-8-18(29)19(30)9-14/h1-12,23,25,27-30H/t23-,25+/m0/s1. The second kappa shape index (κ2) is 8.45. The molecule has 0 fully saturated rings. The van der Waals surface area contributed by atoms with Crippen LogP contribution in [0.2, 0.25) is 0 Å². The van der Waals surface area contributed by atoms with E-state index in [1.54, 1.807) is 24.3 Å². The van der Waals surface area contributed by atoms with E-state index in [2.05, 4.69) is 0 Å². The summed E-state index contributed by atoms with van der Waals surface area (Å²) in [5.74, 6) is -1.64. The van der Waals surface area contributed by atoms with Gasteiger partial charge in [-0.25, -0.2) is 9.59 Å². The Hall–Kier alpha value is -4.92. The number of hydrogen-bond acceptors (Lipinski definition) is 9. The molecule has 1 aliphatic rings. The summed E-state index contributed by atoms with van der Waals surface area (Å²) >= 11 is 0. The van der Waals surface area contributed by atoms with Gasteiger partial charge in [-0.05, 0) is 41.5 Å². The normalized spacial score (nSPS) is 16.8. The molecule has 35 heavy (non-hydrogen) atoms. The molecule has 2 aromatic carbocycles. The van der Waals surface area contributed by atoms with Crippen LogP contribution in [0.5, 0.6) is 28.7 Å². The molecule has 0 radical (unpaired) electrons. The van der Waals surface area contributed by atoms with E-state index < -0.39 is 29.0 Å². The van der Waals surface area contributed by atoms with E-state index in [-0.39, 0.29) is 40.1 Å². The largest absolute Gasteiger partial charge is 0.508 e. The first-order valence-corrected chi connectivity index (χ1v) is 10.5. The molecule has 176 valence electrons. The van der Waals surface area contributed by atoms with Crippen molar-refractivity contribution in [3.8, 4) is 28.7 Å². The zero-order chi connectivity index (χ0) is 24.7. The van der Waals surface area contributed by atoms with Crippen LogP contribution < -0.4 is 16.0 Å². The lowest BCUT2D eigenvalue weighted by Crippen LogP contribution is -2.17. The van der Waals surface area contributed by atoms with E-state index in [4.69, 9.17) is 13.6 Å². The Balaban J connectivity index is 1.61. The Morgan fingerprint density at radius 3 is 2.23 bits per heavy atom. The maximum Gasteiger partial charge on any atom is 0.344 e. The second-order valence-corrected chi connectivity index (χ2v) is 7.94. The van der Waals surface area contributed by atoms with Gasteiger partial charge < -0.3 is 34.0 Å². The van der Waals surface area contributed by atoms with Gasteiger partial charge in [-0.2, -0.15) is 0 Å². The molecular formula is C26H18O9. The summed E-state index contributed by atoms with van der Waals surface area (Å²) in [4.78, 5) is 25.0. The third kappa shape index (κ3) is 4.22. The maximum absolute atomic E-state index is 13.1. The van der Waals surface area contributed by atoms with Gasteiger partial charge in [-0.1, -0.05) is 24.3 Å². The van der Waals surface area contributed by atoms with Crippen molar-refractivity contribution in [2.24, 2.45) is 0 Å². The summed E-state index contributed by atoms with van der Waals surface area (Å²) < 4.78 is 16.8. The molecule has 0 bridgehead atoms. The zero-order valence-corrected chi connectivity index (χ0v) is 17.9. The summed E-state index contributed by atoms with van der Waals surface area (Å²) in [5.41, 5.74) is -0.358. The molecule has 1 aliphatic heterocycles. The van der Waals surface area contributed by atoms with Crippen molar-refractivity contribution in [3.63, 3.8) is 0 Å². The van der Waals surface area contributed by atoms with Gasteiger partial charge in [-0.3, -0.25) is 0 Å². The van der Waals surface area contributed by atoms with Gasteiger partial charge in [0.2, 0.25) is 0 Å². The summed E-state index contributed by atoms with van der Waals surface area (Å²) in [7, 11) is 0. The molecule has 9 nitrogen and oxygen atoms in total. The van der Waals surface area contributed by atoms with Gasteiger partial charge >= 0.3 is 11.3 Å². The molecule has 3 heterocycles. The van der Waals surface area contributed by atoms with Gasteiger partial charge in [0.1, 0.15) is 34.9 Å². The van der Waals surface area contributed by atoms with Crippen molar-refractivity contribution in [1.29, 1.82) is 0 Å². The van der Waals surface area contributed by atoms with Crippen LogP contribution in [0.3, 0.4) is 0 Å². The minimum absolute atomic E-state index is 0.0361. The molecule has 0 spiro atoms. The van der Waals surface area contributed by atoms with E-state index in [1.807, 2.05) is 0 Å². The highest BCUT2D eigenvalue weighted by atomic mass is 16.5. The number of ether oxygens (including phenoxy) is 1. The topological polar surface area (TPSA) is 151 Å². The summed E-state index contributed by atoms with van der Waals surface area (Å²) in [6.07, 6.45) is 2.29. The fraction of sp³-hybridized carbons (Fsp3) is 0.0769. The number of hydrogen-bond donors (Lipinski definition) is 4. The Bertz CT molecular complexity index is 1560. The van der Waals surface area contributed by atoms with Crippen molar-refractivity contribution in [3.05, 3.63) is 110 Å². The Labute approximate surface area is 197 Å². The number of aromatic hydroxyl groups is 4. The molecule has 0 aliphatic carbocycles. The Kier molecular flexibility index (Phi) is 5.29. The highest BCUT2D eigenvalue weighted by Gasteiger charge is 2.42. The average Bonchev–Trinajstić information content (AvgIpc) is 3.20. The molecule has 4 aromatic rings. The SMILES string of the molecule is O=c1cc(O)cc([C@H]2c3c(cc(C=Cc4ccc(O)cc4)oc3=O)O[C@@H]2c2ccc(O)c(O)c2)o1. The highest BCUT2D eigenvalue weighted by Crippen LogP contribution is 2.49. The minimum Gasteiger partial charge on any atom is -0.508 e. The second-order valence-electron chi connectivity index (χ2n) is 7.94. The van der Waals surface area contributed by atoms with Crippen LogP contribution in [0.25, 0.3) is 12.2 Å². The lowest BCUT2D eigenvalue weighted by Gasteiger charge is -2.18. The molecule has 0 saturated heterocycles. The van der Waals surface area contributed by atoms with Crippen molar-refractivity contribution in [2.45, 2.75) is 12.0 Å². The smallest absolute Gasteiger partial charge is 0.344 e. The van der Waals surface area contributed by atoms with Crippen molar-refractivity contribution >= 4 is 12.2 Å². The number of benzene rings is 2. The fourth-order valence-electron chi connectivity index (χ4n) is 3.98. The highest BCUT2D eigenvalue weighted by molar-refractivity contribution is 5.68. The van der Waals surface area contributed by atoms with Gasteiger partial charge in [0.25, 0.3) is 0 Å². The van der Waals surface area contributed by atoms with E-state index in [1.165, 1.54) is 42.5 Å². The Morgan fingerprint density at radius 2 is 1.51 bits per heavy atom. The number of rotatable bonds is 4. The van der Waals surface area contributed by atoms with Crippen molar-refractivity contribution in [1.82, 2.24) is 0 Å². The third-order valence-corrected chi connectivity index (χ3v) is 5.58. The first-order chi connectivity index (χ1) is 16.8. The van der Waals surface area contributed by atoms with Gasteiger partial charge in [0.05, 0.1) is 17.5 Å². The lowest BCUT2D eigenvalue weighted by molar-refractivity contribution is 0.208. The molecule has 2 aromatic heterocycles. The average molecular weight is 474 g/mol. The van der Waals surface area contributed by atoms with Crippen LogP contribution in [0.4, 0.5) is 0 Å². The predicted molar refractivity (Wildman–Crippen MR) is 124 cm³/mol. The van der Waals surface area contributed by atoms with Crippen LogP contribution in [-0.2, 0) is 0 Å². The molecule has 2 atom stereocenters. The molecule has 0 amide bonds. The van der Waals surface area contributed by atoms with Crippen LogP contribution >= 0.6 is 0 Å². The van der Waals surface area contributed by atoms with Gasteiger partial charge in [0, 0.05) is 12.1 Å². The number of phenols is 3. The zero-order valence-electron chi connectivity index (χ0n) is 17.9. The first kappa shape index (κ1) is 21.9. The van der Waals surface area contributed by atoms with Gasteiger partial charge in [0.15, 0.2) is 11.5 Å². The summed E-state index contributed by atoms with van der Waals surface area (Å²) in [5, 5.41) is 39.1. The third-order valence-electron chi connectivity index (χ3n) is 5.58. The predicted octanol–water partition coefficient (Wildman–Crippen LogP) is 3.85. The van der Waals surface area contributed by atoms with Gasteiger partial charge in [-0.15, -0.1) is 0 Å². The quantitative estimate of drug-likeness (QED) is 0.323. The van der Waals surface area contributed by atoms with Crippen LogP contribution in [0.1, 0.15) is 40.2 Å². The fourth-order valence-corrected chi connectivity index (χ4v) is 3.98. The van der Waals surface area contributed by atoms with E-state index in [0.717, 1.165) is 11.6 Å². The lowest BCUT2D eigenvalue weighted by atomic mass is 9.89. The molecule has 9 heteroatoms. The van der Waals surface area contributed by atoms with E-state index in [9.17, 15) is 30.0 Å².